The van der Waals surface area contributed by atoms with Crippen LogP contribution in [0.4, 0.5) is 0 Å². The van der Waals surface area contributed by atoms with Gasteiger partial charge in [-0.25, -0.2) is 0 Å². The monoisotopic (exact) mass is 289 g/mol. The van der Waals surface area contributed by atoms with E-state index in [1.54, 1.807) is 13.2 Å². The van der Waals surface area contributed by atoms with E-state index in [1.807, 2.05) is 5.38 Å². The fraction of sp³-hybridized carbons (Fsp3) is 0.615. The maximum absolute atomic E-state index is 11.8. The molecule has 102 valence electrons. The number of carbonyl (C=O) groups is 1. The first-order chi connectivity index (χ1) is 8.31. The molecule has 18 heavy (non-hydrogen) atoms. The predicted molar refractivity (Wildman–Crippen MR) is 76.9 cm³/mol. The highest BCUT2D eigenvalue weighted by atomic mass is 35.5. The quantitative estimate of drug-likeness (QED) is 0.842. The van der Waals surface area contributed by atoms with Gasteiger partial charge in [-0.1, -0.05) is 20.8 Å². The van der Waals surface area contributed by atoms with E-state index in [4.69, 9.17) is 16.3 Å². The van der Waals surface area contributed by atoms with Crippen molar-refractivity contribution < 1.29 is 9.53 Å². The number of thiophene rings is 1. The zero-order valence-electron chi connectivity index (χ0n) is 11.2. The lowest BCUT2D eigenvalue weighted by atomic mass is 9.90. The van der Waals surface area contributed by atoms with Crippen molar-refractivity contribution in [1.29, 1.82) is 0 Å². The summed E-state index contributed by atoms with van der Waals surface area (Å²) in [5, 5.41) is 4.60. The molecule has 0 saturated carbocycles. The van der Waals surface area contributed by atoms with E-state index in [-0.39, 0.29) is 16.7 Å². The van der Waals surface area contributed by atoms with E-state index in [1.165, 1.54) is 11.3 Å². The molecule has 0 fully saturated rings. The Morgan fingerprint density at radius 3 is 2.72 bits per heavy atom. The Morgan fingerprint density at radius 1 is 1.56 bits per heavy atom. The van der Waals surface area contributed by atoms with Crippen LogP contribution in [0, 0.1) is 5.41 Å². The molecule has 1 rings (SSSR count). The first-order valence-electron chi connectivity index (χ1n) is 5.86. The van der Waals surface area contributed by atoms with Crippen molar-refractivity contribution in [2.24, 2.45) is 5.41 Å². The van der Waals surface area contributed by atoms with Crippen molar-refractivity contribution in [3.63, 3.8) is 0 Å². The maximum Gasteiger partial charge on any atom is 0.261 e. The number of carbonyl (C=O) groups excluding carboxylic acids is 1. The molecular formula is C13H20ClNO2S. The van der Waals surface area contributed by atoms with E-state index in [0.717, 1.165) is 6.42 Å². The van der Waals surface area contributed by atoms with Crippen molar-refractivity contribution in [3.8, 4) is 5.75 Å². The normalized spacial score (nSPS) is 13.2. The van der Waals surface area contributed by atoms with Gasteiger partial charge < -0.3 is 10.1 Å². The summed E-state index contributed by atoms with van der Waals surface area (Å²) < 4.78 is 5.04. The molecule has 0 aliphatic heterocycles. The molecular weight excluding hydrogens is 270 g/mol. The standard InChI is InChI=1S/C13H20ClNO2S/c1-13(2,3)6-9(14)7-15-12(16)11-5-10(17-4)8-18-11/h5,8-9H,6-7H2,1-4H3,(H,15,16). The van der Waals surface area contributed by atoms with Crippen LogP contribution in [0.2, 0.25) is 0 Å². The van der Waals surface area contributed by atoms with Gasteiger partial charge in [0.05, 0.1) is 17.4 Å². The van der Waals surface area contributed by atoms with Gasteiger partial charge in [0, 0.05) is 18.0 Å². The number of hydrogen-bond donors (Lipinski definition) is 1. The molecule has 0 aromatic carbocycles. The van der Waals surface area contributed by atoms with Crippen molar-refractivity contribution >= 4 is 28.8 Å². The third kappa shape index (κ3) is 5.27. The fourth-order valence-electron chi connectivity index (χ4n) is 1.57. The molecule has 0 aliphatic carbocycles. The molecule has 0 aliphatic rings. The van der Waals surface area contributed by atoms with Crippen LogP contribution >= 0.6 is 22.9 Å². The Kier molecular flexibility index (Phi) is 5.47. The molecule has 0 bridgehead atoms. The third-order valence-corrected chi connectivity index (χ3v) is 3.57. The lowest BCUT2D eigenvalue weighted by Crippen LogP contribution is -2.31. The minimum atomic E-state index is -0.0946. The van der Waals surface area contributed by atoms with Gasteiger partial charge in [0.2, 0.25) is 0 Å². The number of halogens is 1. The largest absolute Gasteiger partial charge is 0.496 e. The first-order valence-corrected chi connectivity index (χ1v) is 7.18. The smallest absolute Gasteiger partial charge is 0.261 e. The Labute approximate surface area is 117 Å². The van der Waals surface area contributed by atoms with E-state index >= 15 is 0 Å². The maximum atomic E-state index is 11.8. The molecule has 1 aromatic rings. The molecule has 1 heterocycles. The van der Waals surface area contributed by atoms with Crippen LogP contribution in [-0.2, 0) is 0 Å². The van der Waals surface area contributed by atoms with Crippen LogP contribution in [0.3, 0.4) is 0 Å². The summed E-state index contributed by atoms with van der Waals surface area (Å²) in [6.07, 6.45) is 0.864. The molecule has 0 spiro atoms. The lowest BCUT2D eigenvalue weighted by Gasteiger charge is -2.21. The summed E-state index contributed by atoms with van der Waals surface area (Å²) in [7, 11) is 1.59. The van der Waals surface area contributed by atoms with Gasteiger partial charge in [0.15, 0.2) is 0 Å². The second-order valence-electron chi connectivity index (χ2n) is 5.42. The minimum Gasteiger partial charge on any atom is -0.496 e. The summed E-state index contributed by atoms with van der Waals surface area (Å²) in [6.45, 7) is 6.88. The second-order valence-corrected chi connectivity index (χ2v) is 6.95. The third-order valence-electron chi connectivity index (χ3n) is 2.35. The van der Waals surface area contributed by atoms with E-state index in [9.17, 15) is 4.79 Å². The van der Waals surface area contributed by atoms with Crippen LogP contribution in [0.1, 0.15) is 36.9 Å². The summed E-state index contributed by atoms with van der Waals surface area (Å²) >= 11 is 7.56. The fourth-order valence-corrected chi connectivity index (χ4v) is 2.88. The Bertz CT molecular complexity index is 398. The van der Waals surface area contributed by atoms with Crippen LogP contribution in [0.5, 0.6) is 5.75 Å². The summed E-state index contributed by atoms with van der Waals surface area (Å²) in [4.78, 5) is 12.5. The average Bonchev–Trinajstić information content (AvgIpc) is 2.72. The van der Waals surface area contributed by atoms with Crippen molar-refractivity contribution in [1.82, 2.24) is 5.32 Å². The van der Waals surface area contributed by atoms with Gasteiger partial charge in [-0.05, 0) is 11.8 Å². The number of nitrogens with one attached hydrogen (secondary N) is 1. The topological polar surface area (TPSA) is 38.3 Å². The first kappa shape index (κ1) is 15.3. The number of rotatable bonds is 5. The highest BCUT2D eigenvalue weighted by molar-refractivity contribution is 7.12. The second kappa shape index (κ2) is 6.43. The SMILES string of the molecule is COc1csc(C(=O)NCC(Cl)CC(C)(C)C)c1. The number of amides is 1. The van der Waals surface area contributed by atoms with Crippen LogP contribution < -0.4 is 10.1 Å². The van der Waals surface area contributed by atoms with Crippen molar-refractivity contribution in [3.05, 3.63) is 16.3 Å². The summed E-state index contributed by atoms with van der Waals surface area (Å²) in [5.74, 6) is 0.616. The summed E-state index contributed by atoms with van der Waals surface area (Å²) in [6, 6.07) is 1.73. The predicted octanol–water partition coefficient (Wildman–Crippen LogP) is 3.53. The summed E-state index contributed by atoms with van der Waals surface area (Å²) in [5.41, 5.74) is 0.170. The minimum absolute atomic E-state index is 0.0455. The number of ether oxygens (including phenoxy) is 1. The molecule has 0 radical (unpaired) electrons. The average molecular weight is 290 g/mol. The Balaban J connectivity index is 2.41. The van der Waals surface area contributed by atoms with Gasteiger partial charge in [-0.3, -0.25) is 4.79 Å². The van der Waals surface area contributed by atoms with Crippen molar-refractivity contribution in [2.45, 2.75) is 32.6 Å². The molecule has 1 atom stereocenters. The zero-order chi connectivity index (χ0) is 13.8. The Hall–Kier alpha value is -0.740. The molecule has 0 saturated heterocycles. The van der Waals surface area contributed by atoms with Gasteiger partial charge in [-0.2, -0.15) is 0 Å². The molecule has 5 heteroatoms. The van der Waals surface area contributed by atoms with Gasteiger partial charge in [0.1, 0.15) is 5.75 Å². The van der Waals surface area contributed by atoms with Crippen LogP contribution in [-0.4, -0.2) is 24.9 Å². The van der Waals surface area contributed by atoms with Crippen LogP contribution in [0.15, 0.2) is 11.4 Å². The van der Waals surface area contributed by atoms with Crippen LogP contribution in [0.25, 0.3) is 0 Å². The highest BCUT2D eigenvalue weighted by Gasteiger charge is 2.18. The molecule has 1 amide bonds. The zero-order valence-corrected chi connectivity index (χ0v) is 12.8. The van der Waals surface area contributed by atoms with E-state index < -0.39 is 0 Å². The lowest BCUT2D eigenvalue weighted by molar-refractivity contribution is 0.0956. The highest BCUT2D eigenvalue weighted by Crippen LogP contribution is 2.24. The number of methoxy groups -OCH3 is 1. The molecule has 1 aromatic heterocycles. The molecule has 1 unspecified atom stereocenters. The molecule has 3 nitrogen and oxygen atoms in total. The number of hydrogen-bond acceptors (Lipinski definition) is 3. The van der Waals surface area contributed by atoms with Gasteiger partial charge >= 0.3 is 0 Å². The molecule has 1 N–H and O–H groups in total. The van der Waals surface area contributed by atoms with Gasteiger partial charge in [0.25, 0.3) is 5.91 Å². The Morgan fingerprint density at radius 2 is 2.22 bits per heavy atom. The number of alkyl halides is 1. The van der Waals surface area contributed by atoms with Gasteiger partial charge in [-0.15, -0.1) is 22.9 Å². The van der Waals surface area contributed by atoms with E-state index in [2.05, 4.69) is 26.1 Å². The van der Waals surface area contributed by atoms with E-state index in [0.29, 0.717) is 17.2 Å². The van der Waals surface area contributed by atoms with Crippen molar-refractivity contribution in [2.75, 3.05) is 13.7 Å².